The molecule has 0 aliphatic heterocycles. The maximum atomic E-state index is 13.3. The molecule has 0 radical (unpaired) electrons. The van der Waals surface area contributed by atoms with E-state index in [1.165, 1.54) is 0 Å². The number of methoxy groups -OCH3 is 1. The Morgan fingerprint density at radius 3 is 2.58 bits per heavy atom. The third kappa shape index (κ3) is 8.71. The van der Waals surface area contributed by atoms with Gasteiger partial charge in [0.05, 0.1) is 52.8 Å². The number of para-hydroxylation sites is 2. The first-order chi connectivity index (χ1) is 20.6. The van der Waals surface area contributed by atoms with Gasteiger partial charge >= 0.3 is 0 Å². The molecule has 0 fully saturated rings. The number of benzene rings is 3. The van der Waals surface area contributed by atoms with E-state index in [1.807, 2.05) is 71.8 Å². The molecule has 1 amide bonds. The molecule has 222 valence electrons. The van der Waals surface area contributed by atoms with E-state index in [0.29, 0.717) is 46.1 Å². The number of rotatable bonds is 11. The summed E-state index contributed by atoms with van der Waals surface area (Å²) in [4.78, 5) is 19.5. The van der Waals surface area contributed by atoms with Crippen LogP contribution in [0.2, 0.25) is 10.0 Å². The first-order valence-electron chi connectivity index (χ1n) is 13.5. The van der Waals surface area contributed by atoms with Crippen molar-refractivity contribution in [3.63, 3.8) is 0 Å². The molecule has 0 aliphatic carbocycles. The summed E-state index contributed by atoms with van der Waals surface area (Å²) in [6, 6.07) is 22.4. The number of anilines is 1. The van der Waals surface area contributed by atoms with Crippen molar-refractivity contribution in [2.75, 3.05) is 19.0 Å². The van der Waals surface area contributed by atoms with Gasteiger partial charge in [-0.3, -0.25) is 4.79 Å². The highest BCUT2D eigenvalue weighted by Gasteiger charge is 2.27. The molecule has 0 saturated carbocycles. The summed E-state index contributed by atoms with van der Waals surface area (Å²) in [7, 11) is 1.60. The Morgan fingerprint density at radius 2 is 1.86 bits per heavy atom. The zero-order chi connectivity index (χ0) is 31.0. The van der Waals surface area contributed by atoms with E-state index in [0.717, 1.165) is 22.5 Å². The number of amides is 1. The van der Waals surface area contributed by atoms with Gasteiger partial charge in [-0.25, -0.2) is 4.98 Å². The van der Waals surface area contributed by atoms with Crippen molar-refractivity contribution < 1.29 is 9.53 Å². The van der Waals surface area contributed by atoms with E-state index in [4.69, 9.17) is 45.4 Å². The van der Waals surface area contributed by atoms with Crippen molar-refractivity contribution in [2.45, 2.75) is 38.9 Å². The van der Waals surface area contributed by atoms with Crippen LogP contribution in [0, 0.1) is 11.3 Å². The number of thiocarbonyl (C=S) groups is 1. The lowest BCUT2D eigenvalue weighted by atomic mass is 10.0. The number of carbonyl (C=O) groups excluding carboxylic acids is 1. The highest BCUT2D eigenvalue weighted by atomic mass is 35.5. The van der Waals surface area contributed by atoms with Crippen LogP contribution in [0.1, 0.15) is 36.2 Å². The molecule has 2 N–H and O–H groups in total. The van der Waals surface area contributed by atoms with Crippen LogP contribution in [-0.4, -0.2) is 44.7 Å². The molecule has 0 spiro atoms. The third-order valence-electron chi connectivity index (χ3n) is 6.67. The number of hydrogen-bond acceptors (Lipinski definition) is 5. The quantitative estimate of drug-likeness (QED) is 0.183. The van der Waals surface area contributed by atoms with E-state index in [9.17, 15) is 4.79 Å². The second kappa shape index (κ2) is 14.4. The van der Waals surface area contributed by atoms with E-state index in [1.54, 1.807) is 37.8 Å². The van der Waals surface area contributed by atoms with E-state index >= 15 is 0 Å². The smallest absolute Gasteiger partial charge is 0.226 e. The molecule has 3 aromatic carbocycles. The van der Waals surface area contributed by atoms with Gasteiger partial charge < -0.3 is 24.8 Å². The fourth-order valence-corrected chi connectivity index (χ4v) is 5.26. The lowest BCUT2D eigenvalue weighted by Gasteiger charge is -2.35. The van der Waals surface area contributed by atoms with Gasteiger partial charge in [-0.15, -0.1) is 0 Å². The molecule has 0 saturated heterocycles. The van der Waals surface area contributed by atoms with Gasteiger partial charge in [0.1, 0.15) is 5.75 Å². The second-order valence-electron chi connectivity index (χ2n) is 10.6. The molecule has 4 rings (SSSR count). The molecule has 1 aromatic heterocycles. The molecular formula is C32H32Cl2N6O2S. The number of aromatic nitrogens is 2. The van der Waals surface area contributed by atoms with Crippen molar-refractivity contribution >= 4 is 52.1 Å². The zero-order valence-corrected chi connectivity index (χ0v) is 26.4. The Balaban J connectivity index is 1.48. The average Bonchev–Trinajstić information content (AvgIpc) is 3.41. The fourth-order valence-electron chi connectivity index (χ4n) is 4.64. The van der Waals surface area contributed by atoms with Crippen LogP contribution in [0.15, 0.2) is 79.3 Å². The van der Waals surface area contributed by atoms with Crippen molar-refractivity contribution in [2.24, 2.45) is 0 Å². The zero-order valence-electron chi connectivity index (χ0n) is 24.1. The van der Waals surface area contributed by atoms with Crippen molar-refractivity contribution in [3.05, 3.63) is 112 Å². The van der Waals surface area contributed by atoms with Gasteiger partial charge in [0.2, 0.25) is 5.91 Å². The van der Waals surface area contributed by atoms with Gasteiger partial charge in [0.15, 0.2) is 5.11 Å². The summed E-state index contributed by atoms with van der Waals surface area (Å²) in [5, 5.41) is 16.8. The predicted octanol–water partition coefficient (Wildman–Crippen LogP) is 6.45. The third-order valence-corrected chi connectivity index (χ3v) is 7.89. The van der Waals surface area contributed by atoms with E-state index in [2.05, 4.69) is 21.7 Å². The molecule has 43 heavy (non-hydrogen) atoms. The monoisotopic (exact) mass is 634 g/mol. The summed E-state index contributed by atoms with van der Waals surface area (Å²) in [6.07, 6.45) is 3.53. The number of ether oxygens (including phenoxy) is 1. The minimum absolute atomic E-state index is 0.143. The van der Waals surface area contributed by atoms with Crippen molar-refractivity contribution in [3.8, 4) is 11.8 Å². The number of nitrogens with one attached hydrogen (secondary N) is 2. The molecule has 0 bridgehead atoms. The van der Waals surface area contributed by atoms with Crippen LogP contribution < -0.4 is 15.4 Å². The molecule has 0 aliphatic rings. The van der Waals surface area contributed by atoms with Crippen LogP contribution in [0.5, 0.6) is 5.75 Å². The largest absolute Gasteiger partial charge is 0.495 e. The Kier molecular flexibility index (Phi) is 10.6. The van der Waals surface area contributed by atoms with Crippen LogP contribution >= 0.6 is 35.4 Å². The average molecular weight is 636 g/mol. The lowest BCUT2D eigenvalue weighted by molar-refractivity contribution is -0.122. The number of hydrogen-bond donors (Lipinski definition) is 2. The summed E-state index contributed by atoms with van der Waals surface area (Å²) in [5.41, 5.74) is 3.20. The van der Waals surface area contributed by atoms with Gasteiger partial charge in [-0.05, 0) is 67.5 Å². The maximum absolute atomic E-state index is 13.3. The number of halogens is 2. The number of nitrogens with zero attached hydrogens (tertiary/aromatic N) is 4. The van der Waals surface area contributed by atoms with Crippen LogP contribution in [-0.2, 0) is 24.3 Å². The standard InChI is InChI=1S/C32H32Cl2N6O2S/c1-32(2,38-29(41)15-25-17-36-21-40(25)18-23-13-11-22(16-35)12-14-23)20-39(19-24-7-6-8-26(33)30(24)34)31(43)37-27-9-4-5-10-28(27)42-3/h4-14,17,21H,15,18-20H2,1-3H3,(H,37,43)(H,38,41). The molecule has 11 heteroatoms. The normalized spacial score (nSPS) is 11.0. The van der Waals surface area contributed by atoms with Crippen LogP contribution in [0.4, 0.5) is 5.69 Å². The van der Waals surface area contributed by atoms with Gasteiger partial charge in [0.25, 0.3) is 0 Å². The van der Waals surface area contributed by atoms with Crippen molar-refractivity contribution in [1.29, 1.82) is 5.26 Å². The SMILES string of the molecule is COc1ccccc1NC(=S)N(Cc1cccc(Cl)c1Cl)CC(C)(C)NC(=O)Cc1cncn1Cc1ccc(C#N)cc1. The Hall–Kier alpha value is -4.10. The molecule has 0 atom stereocenters. The molecule has 0 unspecified atom stereocenters. The molecular weight excluding hydrogens is 603 g/mol. The second-order valence-corrected chi connectivity index (χ2v) is 11.8. The topological polar surface area (TPSA) is 95.2 Å². The minimum Gasteiger partial charge on any atom is -0.495 e. The fraction of sp³-hybridized carbons (Fsp3) is 0.250. The summed E-state index contributed by atoms with van der Waals surface area (Å²) >= 11 is 18.7. The van der Waals surface area contributed by atoms with Gasteiger partial charge in [0, 0.05) is 31.5 Å². The Bertz CT molecular complexity index is 1630. The van der Waals surface area contributed by atoms with Crippen LogP contribution in [0.3, 0.4) is 0 Å². The highest BCUT2D eigenvalue weighted by Crippen LogP contribution is 2.28. The summed E-state index contributed by atoms with van der Waals surface area (Å²) in [6.45, 7) is 5.15. The molecule has 8 nitrogen and oxygen atoms in total. The van der Waals surface area contributed by atoms with Crippen LogP contribution in [0.25, 0.3) is 0 Å². The number of carbonyl (C=O) groups is 1. The lowest BCUT2D eigenvalue weighted by Crippen LogP contribution is -2.53. The van der Waals surface area contributed by atoms with E-state index < -0.39 is 5.54 Å². The molecule has 1 heterocycles. The van der Waals surface area contributed by atoms with Crippen molar-refractivity contribution in [1.82, 2.24) is 19.8 Å². The molecule has 4 aromatic rings. The maximum Gasteiger partial charge on any atom is 0.226 e. The number of imidazole rings is 1. The minimum atomic E-state index is -0.688. The van der Waals surface area contributed by atoms with Gasteiger partial charge in [-0.2, -0.15) is 5.26 Å². The Labute approximate surface area is 267 Å². The first kappa shape index (κ1) is 31.8. The van der Waals surface area contributed by atoms with Gasteiger partial charge in [-0.1, -0.05) is 59.6 Å². The van der Waals surface area contributed by atoms with E-state index in [-0.39, 0.29) is 12.3 Å². The summed E-state index contributed by atoms with van der Waals surface area (Å²) in [5.74, 6) is 0.492. The Morgan fingerprint density at radius 1 is 1.12 bits per heavy atom. The number of nitriles is 1. The first-order valence-corrected chi connectivity index (χ1v) is 14.7. The predicted molar refractivity (Wildman–Crippen MR) is 174 cm³/mol. The highest BCUT2D eigenvalue weighted by molar-refractivity contribution is 7.80. The summed E-state index contributed by atoms with van der Waals surface area (Å²) < 4.78 is 7.41.